The van der Waals surface area contributed by atoms with Crippen molar-refractivity contribution in [3.63, 3.8) is 0 Å². The zero-order chi connectivity index (χ0) is 25.1. The standard InChI is InChI=1S/C26H33N5O4/c1-17-21(18(2)27-25-24(17)26(35-5)28-29(25)3)9-10-22(32)30-11-13-31(14-12-30)23(33)16-19-7-6-8-20(15-19)34-4/h6-8,15H,9-14,16H2,1-5H3. The highest BCUT2D eigenvalue weighted by Crippen LogP contribution is 2.30. The van der Waals surface area contributed by atoms with Gasteiger partial charge in [-0.05, 0) is 49.1 Å². The first-order valence-corrected chi connectivity index (χ1v) is 11.9. The van der Waals surface area contributed by atoms with E-state index in [1.54, 1.807) is 18.9 Å². The lowest BCUT2D eigenvalue weighted by Crippen LogP contribution is -2.51. The molecule has 0 aliphatic carbocycles. The summed E-state index contributed by atoms with van der Waals surface area (Å²) in [5.74, 6) is 1.46. The number of ether oxygens (including phenoxy) is 2. The van der Waals surface area contributed by atoms with Gasteiger partial charge >= 0.3 is 0 Å². The second-order valence-electron chi connectivity index (χ2n) is 8.92. The van der Waals surface area contributed by atoms with Crippen LogP contribution in [0.25, 0.3) is 11.0 Å². The highest BCUT2D eigenvalue weighted by molar-refractivity contribution is 5.86. The van der Waals surface area contributed by atoms with Gasteiger partial charge in [0.1, 0.15) is 5.75 Å². The predicted octanol–water partition coefficient (Wildman–Crippen LogP) is 2.45. The Morgan fingerprint density at radius 2 is 1.69 bits per heavy atom. The monoisotopic (exact) mass is 479 g/mol. The van der Waals surface area contributed by atoms with E-state index in [0.717, 1.165) is 39.2 Å². The summed E-state index contributed by atoms with van der Waals surface area (Å²) in [5.41, 5.74) is 4.72. The van der Waals surface area contributed by atoms with E-state index in [4.69, 9.17) is 14.5 Å². The van der Waals surface area contributed by atoms with Crippen LogP contribution in [-0.4, -0.2) is 76.8 Å². The van der Waals surface area contributed by atoms with Gasteiger partial charge in [-0.2, -0.15) is 0 Å². The van der Waals surface area contributed by atoms with Crippen molar-refractivity contribution in [1.29, 1.82) is 0 Å². The van der Waals surface area contributed by atoms with E-state index in [2.05, 4.69) is 5.10 Å². The number of pyridine rings is 1. The number of carbonyl (C=O) groups excluding carboxylic acids is 2. The maximum atomic E-state index is 13.0. The molecule has 9 heteroatoms. The Labute approximate surface area is 205 Å². The molecule has 1 aliphatic rings. The molecule has 1 saturated heterocycles. The van der Waals surface area contributed by atoms with Crippen molar-refractivity contribution in [3.05, 3.63) is 46.6 Å². The minimum atomic E-state index is 0.0707. The van der Waals surface area contributed by atoms with Crippen molar-refractivity contribution in [1.82, 2.24) is 24.6 Å². The fourth-order valence-corrected chi connectivity index (χ4v) is 4.77. The van der Waals surface area contributed by atoms with Crippen LogP contribution in [0.3, 0.4) is 0 Å². The summed E-state index contributed by atoms with van der Waals surface area (Å²) in [6.07, 6.45) is 1.33. The summed E-state index contributed by atoms with van der Waals surface area (Å²) in [4.78, 5) is 34.1. The van der Waals surface area contributed by atoms with Crippen LogP contribution in [0.2, 0.25) is 0 Å². The highest BCUT2D eigenvalue weighted by atomic mass is 16.5. The zero-order valence-electron chi connectivity index (χ0n) is 21.1. The molecule has 186 valence electrons. The summed E-state index contributed by atoms with van der Waals surface area (Å²) in [5, 5.41) is 5.29. The Hall–Kier alpha value is -3.62. The molecule has 0 saturated carbocycles. The van der Waals surface area contributed by atoms with Crippen molar-refractivity contribution in [3.8, 4) is 11.6 Å². The number of piperazine rings is 1. The normalized spacial score (nSPS) is 13.9. The lowest BCUT2D eigenvalue weighted by Gasteiger charge is -2.35. The molecule has 0 atom stereocenters. The molecule has 35 heavy (non-hydrogen) atoms. The van der Waals surface area contributed by atoms with E-state index in [1.807, 2.05) is 55.0 Å². The number of rotatable bonds is 7. The van der Waals surface area contributed by atoms with E-state index >= 15 is 0 Å². The minimum absolute atomic E-state index is 0.0707. The smallest absolute Gasteiger partial charge is 0.242 e. The number of fused-ring (bicyclic) bond motifs is 1. The molecule has 0 radical (unpaired) electrons. The molecule has 9 nitrogen and oxygen atoms in total. The number of methoxy groups -OCH3 is 2. The Balaban J connectivity index is 1.34. The Kier molecular flexibility index (Phi) is 7.23. The quantitative estimate of drug-likeness (QED) is 0.517. The van der Waals surface area contributed by atoms with Crippen LogP contribution in [0.1, 0.15) is 28.8 Å². The molecule has 2 aromatic heterocycles. The van der Waals surface area contributed by atoms with E-state index in [0.29, 0.717) is 51.3 Å². The van der Waals surface area contributed by atoms with Crippen LogP contribution in [-0.2, 0) is 29.5 Å². The molecule has 0 bridgehead atoms. The number of aromatic nitrogens is 3. The molecular weight excluding hydrogens is 446 g/mol. The molecular formula is C26H33N5O4. The third-order valence-corrected chi connectivity index (χ3v) is 6.78. The summed E-state index contributed by atoms with van der Waals surface area (Å²) in [6, 6.07) is 7.56. The van der Waals surface area contributed by atoms with Crippen molar-refractivity contribution >= 4 is 22.8 Å². The molecule has 1 fully saturated rings. The van der Waals surface area contributed by atoms with Crippen molar-refractivity contribution in [2.75, 3.05) is 40.4 Å². The number of benzene rings is 1. The first kappa shape index (κ1) is 24.5. The molecule has 0 unspecified atom stereocenters. The highest BCUT2D eigenvalue weighted by Gasteiger charge is 2.25. The molecule has 3 aromatic rings. The molecule has 0 N–H and O–H groups in total. The third-order valence-electron chi connectivity index (χ3n) is 6.78. The molecule has 3 heterocycles. The predicted molar refractivity (Wildman–Crippen MR) is 133 cm³/mol. The van der Waals surface area contributed by atoms with E-state index in [-0.39, 0.29) is 11.8 Å². The van der Waals surface area contributed by atoms with Crippen LogP contribution < -0.4 is 9.47 Å². The molecule has 0 spiro atoms. The Morgan fingerprint density at radius 1 is 1.00 bits per heavy atom. The van der Waals surface area contributed by atoms with Gasteiger partial charge in [0.25, 0.3) is 0 Å². The largest absolute Gasteiger partial charge is 0.497 e. The summed E-state index contributed by atoms with van der Waals surface area (Å²) in [6.45, 7) is 6.20. The topological polar surface area (TPSA) is 89.8 Å². The Morgan fingerprint density at radius 3 is 2.34 bits per heavy atom. The maximum Gasteiger partial charge on any atom is 0.242 e. The summed E-state index contributed by atoms with van der Waals surface area (Å²) < 4.78 is 12.4. The molecule has 1 aliphatic heterocycles. The van der Waals surface area contributed by atoms with Gasteiger partial charge in [-0.25, -0.2) is 9.67 Å². The van der Waals surface area contributed by atoms with Crippen molar-refractivity contribution < 1.29 is 19.1 Å². The maximum absolute atomic E-state index is 13.0. The van der Waals surface area contributed by atoms with Crippen LogP contribution in [0, 0.1) is 13.8 Å². The molecule has 2 amide bonds. The first-order valence-electron chi connectivity index (χ1n) is 11.9. The van der Waals surface area contributed by atoms with Gasteiger partial charge < -0.3 is 19.3 Å². The number of hydrogen-bond acceptors (Lipinski definition) is 6. The van der Waals surface area contributed by atoms with Gasteiger partial charge in [-0.15, -0.1) is 5.10 Å². The fourth-order valence-electron chi connectivity index (χ4n) is 4.77. The van der Waals surface area contributed by atoms with Gasteiger partial charge in [-0.3, -0.25) is 9.59 Å². The minimum Gasteiger partial charge on any atom is -0.497 e. The van der Waals surface area contributed by atoms with E-state index < -0.39 is 0 Å². The summed E-state index contributed by atoms with van der Waals surface area (Å²) >= 11 is 0. The number of hydrogen-bond donors (Lipinski definition) is 0. The average Bonchev–Trinajstić information content (AvgIpc) is 3.19. The number of aryl methyl sites for hydroxylation is 3. The second-order valence-corrected chi connectivity index (χ2v) is 8.92. The van der Waals surface area contributed by atoms with Crippen LogP contribution in [0.15, 0.2) is 24.3 Å². The van der Waals surface area contributed by atoms with Gasteiger partial charge in [0.15, 0.2) is 5.65 Å². The number of amides is 2. The van der Waals surface area contributed by atoms with Crippen LogP contribution in [0.5, 0.6) is 11.6 Å². The van der Waals surface area contributed by atoms with Gasteiger partial charge in [0.2, 0.25) is 17.7 Å². The summed E-state index contributed by atoms with van der Waals surface area (Å²) in [7, 11) is 5.07. The number of nitrogens with zero attached hydrogens (tertiary/aromatic N) is 5. The van der Waals surface area contributed by atoms with Gasteiger partial charge in [0.05, 0.1) is 26.0 Å². The average molecular weight is 480 g/mol. The van der Waals surface area contributed by atoms with E-state index in [1.165, 1.54) is 0 Å². The molecule has 1 aromatic carbocycles. The van der Waals surface area contributed by atoms with Crippen LogP contribution in [0.4, 0.5) is 0 Å². The van der Waals surface area contributed by atoms with Crippen molar-refractivity contribution in [2.45, 2.75) is 33.1 Å². The third kappa shape index (κ3) is 5.08. The fraction of sp³-hybridized carbons (Fsp3) is 0.462. The first-order chi connectivity index (χ1) is 16.8. The second kappa shape index (κ2) is 10.3. The Bertz CT molecular complexity index is 1240. The molecule has 4 rings (SSSR count). The van der Waals surface area contributed by atoms with Crippen LogP contribution >= 0.6 is 0 Å². The lowest BCUT2D eigenvalue weighted by molar-refractivity contribution is -0.139. The SMILES string of the molecule is COc1cccc(CC(=O)N2CCN(C(=O)CCc3c(C)nc4c(c(OC)nn4C)c3C)CC2)c1. The van der Waals surface area contributed by atoms with Crippen molar-refractivity contribution in [2.24, 2.45) is 7.05 Å². The van der Waals surface area contributed by atoms with Gasteiger partial charge in [0, 0.05) is 45.3 Å². The number of carbonyl (C=O) groups is 2. The lowest BCUT2D eigenvalue weighted by atomic mass is 10.00. The van der Waals surface area contributed by atoms with Gasteiger partial charge in [-0.1, -0.05) is 12.1 Å². The zero-order valence-corrected chi connectivity index (χ0v) is 21.1. The van der Waals surface area contributed by atoms with E-state index in [9.17, 15) is 9.59 Å².